The minimum absolute atomic E-state index is 0.788. The second kappa shape index (κ2) is 8.96. The molecule has 0 spiro atoms. The number of benzene rings is 1. The number of rotatable bonds is 8. The molecule has 0 saturated carbocycles. The van der Waals surface area contributed by atoms with Crippen LogP contribution in [0.2, 0.25) is 0 Å². The molecular weight excluding hydrogens is 298 g/mol. The third kappa shape index (κ3) is 5.89. The molecule has 0 atom stereocenters. The van der Waals surface area contributed by atoms with Gasteiger partial charge in [0.2, 0.25) is 0 Å². The van der Waals surface area contributed by atoms with Gasteiger partial charge in [-0.1, -0.05) is 47.5 Å². The molecule has 0 radical (unpaired) electrons. The second-order valence-electron chi connectivity index (χ2n) is 4.21. The summed E-state index contributed by atoms with van der Waals surface area (Å²) in [4.78, 5) is 2.48. The predicted octanol–water partition coefficient (Wildman–Crippen LogP) is 4.68. The van der Waals surface area contributed by atoms with E-state index >= 15 is 0 Å². The van der Waals surface area contributed by atoms with Crippen molar-refractivity contribution >= 4 is 27.5 Å². The summed E-state index contributed by atoms with van der Waals surface area (Å²) in [5, 5.41) is 0. The number of hydrogen-bond donors (Lipinski definition) is 0. The van der Waals surface area contributed by atoms with Crippen LogP contribution >= 0.6 is 27.5 Å². The van der Waals surface area contributed by atoms with Crippen molar-refractivity contribution in [3.63, 3.8) is 0 Å². The average molecular weight is 319 g/mol. The molecule has 0 aliphatic carbocycles. The first kappa shape index (κ1) is 15.0. The molecule has 96 valence electrons. The van der Waals surface area contributed by atoms with Gasteiger partial charge in [-0.05, 0) is 37.6 Å². The summed E-state index contributed by atoms with van der Waals surface area (Å²) in [6, 6.07) is 8.45. The van der Waals surface area contributed by atoms with E-state index in [1.54, 1.807) is 0 Å². The van der Waals surface area contributed by atoms with Crippen molar-refractivity contribution in [3.05, 3.63) is 34.3 Å². The monoisotopic (exact) mass is 317 g/mol. The van der Waals surface area contributed by atoms with E-state index in [2.05, 4.69) is 52.0 Å². The van der Waals surface area contributed by atoms with E-state index in [0.717, 1.165) is 31.9 Å². The van der Waals surface area contributed by atoms with E-state index in [4.69, 9.17) is 11.6 Å². The van der Waals surface area contributed by atoms with Gasteiger partial charge >= 0.3 is 0 Å². The van der Waals surface area contributed by atoms with Crippen LogP contribution in [0.25, 0.3) is 0 Å². The molecule has 0 fully saturated rings. The lowest BCUT2D eigenvalue weighted by Gasteiger charge is -2.21. The normalized spacial score (nSPS) is 11.1. The number of alkyl halides is 1. The van der Waals surface area contributed by atoms with Crippen LogP contribution in [0.3, 0.4) is 0 Å². The SMILES string of the molecule is CCN(CCCCCCl)Cc1ccccc1Br. The first-order valence-electron chi connectivity index (χ1n) is 6.29. The lowest BCUT2D eigenvalue weighted by Crippen LogP contribution is -2.24. The lowest BCUT2D eigenvalue weighted by molar-refractivity contribution is 0.273. The quantitative estimate of drug-likeness (QED) is 0.497. The molecule has 0 bridgehead atoms. The van der Waals surface area contributed by atoms with Crippen LogP contribution in [-0.4, -0.2) is 23.9 Å². The molecule has 0 N–H and O–H groups in total. The molecule has 0 unspecified atom stereocenters. The Balaban J connectivity index is 2.38. The van der Waals surface area contributed by atoms with E-state index in [0.29, 0.717) is 0 Å². The maximum absolute atomic E-state index is 5.68. The Morgan fingerprint density at radius 3 is 2.59 bits per heavy atom. The van der Waals surface area contributed by atoms with Crippen LogP contribution < -0.4 is 0 Å². The van der Waals surface area contributed by atoms with Crippen molar-refractivity contribution in [3.8, 4) is 0 Å². The molecule has 0 aliphatic rings. The van der Waals surface area contributed by atoms with Crippen LogP contribution in [0.1, 0.15) is 31.7 Å². The summed E-state index contributed by atoms with van der Waals surface area (Å²) >= 11 is 9.28. The molecule has 1 rings (SSSR count). The molecule has 1 aromatic rings. The van der Waals surface area contributed by atoms with Crippen molar-refractivity contribution in [2.45, 2.75) is 32.7 Å². The number of halogens is 2. The fourth-order valence-corrected chi connectivity index (χ4v) is 2.42. The van der Waals surface area contributed by atoms with Gasteiger partial charge in [-0.2, -0.15) is 0 Å². The highest BCUT2D eigenvalue weighted by Gasteiger charge is 2.05. The molecule has 0 aliphatic heterocycles. The van der Waals surface area contributed by atoms with Gasteiger partial charge in [0.25, 0.3) is 0 Å². The van der Waals surface area contributed by atoms with Gasteiger partial charge in [-0.15, -0.1) is 11.6 Å². The molecule has 1 aromatic carbocycles. The van der Waals surface area contributed by atoms with Gasteiger partial charge in [0, 0.05) is 16.9 Å². The zero-order valence-corrected chi connectivity index (χ0v) is 12.8. The third-order valence-corrected chi connectivity index (χ3v) is 3.95. The largest absolute Gasteiger partial charge is 0.299 e. The van der Waals surface area contributed by atoms with Crippen molar-refractivity contribution in [1.29, 1.82) is 0 Å². The highest BCUT2D eigenvalue weighted by atomic mass is 79.9. The summed E-state index contributed by atoms with van der Waals surface area (Å²) < 4.78 is 1.21. The maximum atomic E-state index is 5.68. The molecule has 3 heteroatoms. The van der Waals surface area contributed by atoms with E-state index in [9.17, 15) is 0 Å². The summed E-state index contributed by atoms with van der Waals surface area (Å²) in [6.45, 7) is 5.51. The van der Waals surface area contributed by atoms with Crippen LogP contribution in [-0.2, 0) is 6.54 Å². The zero-order valence-electron chi connectivity index (χ0n) is 10.5. The molecule has 1 nitrogen and oxygen atoms in total. The van der Waals surface area contributed by atoms with E-state index < -0.39 is 0 Å². The van der Waals surface area contributed by atoms with Gasteiger partial charge in [0.15, 0.2) is 0 Å². The van der Waals surface area contributed by atoms with Crippen molar-refractivity contribution in [1.82, 2.24) is 4.90 Å². The van der Waals surface area contributed by atoms with E-state index in [1.165, 1.54) is 22.9 Å². The van der Waals surface area contributed by atoms with Crippen LogP contribution in [0.15, 0.2) is 28.7 Å². The Morgan fingerprint density at radius 2 is 1.94 bits per heavy atom. The van der Waals surface area contributed by atoms with Crippen LogP contribution in [0, 0.1) is 0 Å². The Labute approximate surface area is 118 Å². The van der Waals surface area contributed by atoms with Crippen molar-refractivity contribution in [2.24, 2.45) is 0 Å². The highest BCUT2D eigenvalue weighted by molar-refractivity contribution is 9.10. The molecule has 0 amide bonds. The first-order chi connectivity index (χ1) is 8.27. The molecule has 0 saturated heterocycles. The lowest BCUT2D eigenvalue weighted by atomic mass is 10.2. The standard InChI is InChI=1S/C14H21BrClN/c1-2-17(11-7-3-6-10-16)12-13-8-4-5-9-14(13)15/h4-5,8-9H,2-3,6-7,10-12H2,1H3. The van der Waals surface area contributed by atoms with E-state index in [1.807, 2.05) is 0 Å². The first-order valence-corrected chi connectivity index (χ1v) is 7.62. The predicted molar refractivity (Wildman–Crippen MR) is 79.7 cm³/mol. The summed E-state index contributed by atoms with van der Waals surface area (Å²) in [6.07, 6.45) is 3.61. The molecular formula is C14H21BrClN. The van der Waals surface area contributed by atoms with Gasteiger partial charge in [-0.25, -0.2) is 0 Å². The Hall–Kier alpha value is -0.0500. The van der Waals surface area contributed by atoms with Crippen LogP contribution in [0.5, 0.6) is 0 Å². The van der Waals surface area contributed by atoms with Gasteiger partial charge < -0.3 is 0 Å². The van der Waals surface area contributed by atoms with Gasteiger partial charge in [0.1, 0.15) is 0 Å². The smallest absolute Gasteiger partial charge is 0.0244 e. The molecule has 0 aromatic heterocycles. The number of nitrogens with zero attached hydrogens (tertiary/aromatic N) is 1. The fourth-order valence-electron chi connectivity index (χ4n) is 1.82. The molecule has 0 heterocycles. The number of unbranched alkanes of at least 4 members (excludes halogenated alkanes) is 2. The topological polar surface area (TPSA) is 3.24 Å². The Kier molecular flexibility index (Phi) is 7.91. The number of hydrogen-bond acceptors (Lipinski definition) is 1. The third-order valence-electron chi connectivity index (χ3n) is 2.91. The highest BCUT2D eigenvalue weighted by Crippen LogP contribution is 2.18. The van der Waals surface area contributed by atoms with Crippen LogP contribution in [0.4, 0.5) is 0 Å². The summed E-state index contributed by atoms with van der Waals surface area (Å²) in [5.74, 6) is 0.788. The van der Waals surface area contributed by atoms with E-state index in [-0.39, 0.29) is 0 Å². The minimum Gasteiger partial charge on any atom is -0.299 e. The van der Waals surface area contributed by atoms with Gasteiger partial charge in [0.05, 0.1) is 0 Å². The van der Waals surface area contributed by atoms with Gasteiger partial charge in [-0.3, -0.25) is 4.90 Å². The second-order valence-corrected chi connectivity index (χ2v) is 5.44. The molecule has 17 heavy (non-hydrogen) atoms. The fraction of sp³-hybridized carbons (Fsp3) is 0.571. The zero-order chi connectivity index (χ0) is 12.5. The maximum Gasteiger partial charge on any atom is 0.0244 e. The van der Waals surface area contributed by atoms with Crippen molar-refractivity contribution < 1.29 is 0 Å². The Bertz CT molecular complexity index is 317. The summed E-state index contributed by atoms with van der Waals surface area (Å²) in [5.41, 5.74) is 1.37. The Morgan fingerprint density at radius 1 is 1.18 bits per heavy atom. The summed E-state index contributed by atoms with van der Waals surface area (Å²) in [7, 11) is 0. The minimum atomic E-state index is 0.788. The average Bonchev–Trinajstić information content (AvgIpc) is 2.35. The van der Waals surface area contributed by atoms with Crippen molar-refractivity contribution in [2.75, 3.05) is 19.0 Å².